The summed E-state index contributed by atoms with van der Waals surface area (Å²) in [6, 6.07) is 3.72. The molecule has 3 aromatic rings. The minimum Gasteiger partial charge on any atom is -0.395 e. The topological polar surface area (TPSA) is 150 Å². The van der Waals surface area contributed by atoms with Gasteiger partial charge in [0.05, 0.1) is 37.4 Å². The monoisotopic (exact) mass is 532 g/mol. The third kappa shape index (κ3) is 5.20. The van der Waals surface area contributed by atoms with Gasteiger partial charge in [-0.1, -0.05) is 0 Å². The lowest BCUT2D eigenvalue weighted by molar-refractivity contribution is 0.0609. The van der Waals surface area contributed by atoms with E-state index in [1.165, 1.54) is 0 Å². The smallest absolute Gasteiger partial charge is 0.272 e. The second-order valence-electron chi connectivity index (χ2n) is 9.76. The molecule has 39 heavy (non-hydrogen) atoms. The molecule has 2 saturated heterocycles. The normalized spacial score (nSPS) is 17.9. The maximum absolute atomic E-state index is 13.1. The molecule has 3 aliphatic heterocycles. The first-order chi connectivity index (χ1) is 19.1. The summed E-state index contributed by atoms with van der Waals surface area (Å²) in [5, 5.41) is 9.15. The Kier molecular flexibility index (Phi) is 7.18. The van der Waals surface area contributed by atoms with E-state index in [0.29, 0.717) is 64.1 Å². The number of ether oxygens (including phenoxy) is 1. The number of piperazine rings is 1. The number of amides is 1. The number of nitrogens with zero attached hydrogens (tertiary/aromatic N) is 9. The number of hydrogen-bond donors (Lipinski definition) is 2. The zero-order chi connectivity index (χ0) is 26.8. The summed E-state index contributed by atoms with van der Waals surface area (Å²) in [5.74, 6) is 1.59. The van der Waals surface area contributed by atoms with Crippen molar-refractivity contribution in [3.8, 4) is 11.3 Å². The Morgan fingerprint density at radius 2 is 1.72 bits per heavy atom. The largest absolute Gasteiger partial charge is 0.395 e. The van der Waals surface area contributed by atoms with E-state index in [9.17, 15) is 4.79 Å². The molecule has 2 fully saturated rings. The molecular formula is C26H32N10O3. The number of pyridine rings is 1. The standard InChI is InChI=1S/C26H32N10O3/c27-25-29-15-18(16-30-25)22-20-3-4-36(23(20)32-26(31-22)35-10-13-39-14-11-35)19-1-2-21(28-17-19)24(38)34-7-5-33(6-8-34)9-12-37/h1-2,15-17,37H,3-14H2,(H2,27,29,30). The van der Waals surface area contributed by atoms with Crippen LogP contribution < -0.4 is 15.5 Å². The highest BCUT2D eigenvalue weighted by molar-refractivity contribution is 5.92. The number of morpholine rings is 1. The number of anilines is 4. The lowest BCUT2D eigenvalue weighted by Gasteiger charge is -2.34. The number of carbonyl (C=O) groups excluding carboxylic acids is 1. The van der Waals surface area contributed by atoms with Crippen molar-refractivity contribution < 1.29 is 14.6 Å². The van der Waals surface area contributed by atoms with Gasteiger partial charge in [0.1, 0.15) is 11.5 Å². The van der Waals surface area contributed by atoms with Gasteiger partial charge in [-0.15, -0.1) is 0 Å². The van der Waals surface area contributed by atoms with Crippen LogP contribution in [0.4, 0.5) is 23.4 Å². The van der Waals surface area contributed by atoms with E-state index in [1.54, 1.807) is 24.7 Å². The van der Waals surface area contributed by atoms with E-state index in [4.69, 9.17) is 25.5 Å². The molecule has 0 aliphatic carbocycles. The third-order valence-corrected chi connectivity index (χ3v) is 7.41. The van der Waals surface area contributed by atoms with Gasteiger partial charge in [-0.25, -0.2) is 19.9 Å². The van der Waals surface area contributed by atoms with E-state index in [-0.39, 0.29) is 18.5 Å². The Hall–Kier alpha value is -3.94. The molecule has 0 bridgehead atoms. The second-order valence-corrected chi connectivity index (χ2v) is 9.76. The molecule has 6 rings (SSSR count). The number of aliphatic hydroxyl groups is 1. The van der Waals surface area contributed by atoms with Gasteiger partial charge in [0.2, 0.25) is 11.9 Å². The van der Waals surface area contributed by atoms with Crippen molar-refractivity contribution in [3.63, 3.8) is 0 Å². The van der Waals surface area contributed by atoms with Gasteiger partial charge in [-0.3, -0.25) is 9.69 Å². The van der Waals surface area contributed by atoms with Gasteiger partial charge in [0.25, 0.3) is 5.91 Å². The number of nitrogens with two attached hydrogens (primary N) is 1. The molecule has 0 spiro atoms. The average molecular weight is 533 g/mol. The fourth-order valence-electron chi connectivity index (χ4n) is 5.25. The molecule has 0 unspecified atom stereocenters. The Morgan fingerprint density at radius 3 is 2.41 bits per heavy atom. The molecule has 0 aromatic carbocycles. The van der Waals surface area contributed by atoms with E-state index in [2.05, 4.69) is 29.7 Å². The van der Waals surface area contributed by atoms with Crippen LogP contribution in [0, 0.1) is 0 Å². The third-order valence-electron chi connectivity index (χ3n) is 7.41. The van der Waals surface area contributed by atoms with Crippen molar-refractivity contribution in [2.24, 2.45) is 0 Å². The van der Waals surface area contributed by atoms with Crippen LogP contribution in [0.25, 0.3) is 11.3 Å². The van der Waals surface area contributed by atoms with Gasteiger partial charge in [-0.2, -0.15) is 4.98 Å². The van der Waals surface area contributed by atoms with Crippen molar-refractivity contribution in [3.05, 3.63) is 42.0 Å². The van der Waals surface area contributed by atoms with E-state index in [0.717, 1.165) is 47.8 Å². The summed E-state index contributed by atoms with van der Waals surface area (Å²) in [5.41, 5.74) is 9.62. The highest BCUT2D eigenvalue weighted by atomic mass is 16.5. The number of fused-ring (bicyclic) bond motifs is 1. The maximum Gasteiger partial charge on any atom is 0.272 e. The number of carbonyl (C=O) groups is 1. The molecule has 3 aliphatic rings. The van der Waals surface area contributed by atoms with Crippen LogP contribution in [0.2, 0.25) is 0 Å². The first kappa shape index (κ1) is 25.3. The van der Waals surface area contributed by atoms with Gasteiger partial charge >= 0.3 is 0 Å². The van der Waals surface area contributed by atoms with E-state index < -0.39 is 0 Å². The molecule has 13 heteroatoms. The Bertz CT molecular complexity index is 1310. The fourth-order valence-corrected chi connectivity index (χ4v) is 5.25. The number of rotatable bonds is 6. The number of nitrogen functional groups attached to an aromatic ring is 1. The quantitative estimate of drug-likeness (QED) is 0.446. The SMILES string of the molecule is Nc1ncc(-c2nc(N3CCOCC3)nc3c2CCN3c2ccc(C(=O)N3CCN(CCO)CC3)nc2)cn1. The molecule has 1 amide bonds. The predicted octanol–water partition coefficient (Wildman–Crippen LogP) is 0.192. The highest BCUT2D eigenvalue weighted by Crippen LogP contribution is 2.39. The zero-order valence-corrected chi connectivity index (χ0v) is 21.7. The lowest BCUT2D eigenvalue weighted by Crippen LogP contribution is -2.49. The molecule has 13 nitrogen and oxygen atoms in total. The van der Waals surface area contributed by atoms with Crippen molar-refractivity contribution in [1.29, 1.82) is 0 Å². The summed E-state index contributed by atoms with van der Waals surface area (Å²) < 4.78 is 5.53. The summed E-state index contributed by atoms with van der Waals surface area (Å²) >= 11 is 0. The van der Waals surface area contributed by atoms with E-state index in [1.807, 2.05) is 11.0 Å². The summed E-state index contributed by atoms with van der Waals surface area (Å²) in [7, 11) is 0. The Labute approximate surface area is 226 Å². The average Bonchev–Trinajstić information content (AvgIpc) is 3.42. The van der Waals surface area contributed by atoms with Crippen LogP contribution in [-0.2, 0) is 11.2 Å². The van der Waals surface area contributed by atoms with Crippen LogP contribution in [0.15, 0.2) is 30.7 Å². The highest BCUT2D eigenvalue weighted by Gasteiger charge is 2.30. The molecule has 0 saturated carbocycles. The molecule has 3 aromatic heterocycles. The Balaban J connectivity index is 1.27. The maximum atomic E-state index is 13.1. The summed E-state index contributed by atoms with van der Waals surface area (Å²) in [6.07, 6.45) is 5.88. The van der Waals surface area contributed by atoms with Crippen molar-refractivity contribution in [2.45, 2.75) is 6.42 Å². The molecular weight excluding hydrogens is 500 g/mol. The second kappa shape index (κ2) is 11.0. The van der Waals surface area contributed by atoms with Gasteiger partial charge in [-0.05, 0) is 18.6 Å². The molecule has 0 radical (unpaired) electrons. The lowest BCUT2D eigenvalue weighted by atomic mass is 10.1. The number of aromatic nitrogens is 5. The van der Waals surface area contributed by atoms with Crippen LogP contribution in [0.1, 0.15) is 16.1 Å². The first-order valence-corrected chi connectivity index (χ1v) is 13.3. The number of hydrogen-bond acceptors (Lipinski definition) is 12. The molecule has 6 heterocycles. The van der Waals surface area contributed by atoms with Crippen molar-refractivity contribution >= 4 is 29.3 Å². The van der Waals surface area contributed by atoms with Gasteiger partial charge in [0.15, 0.2) is 0 Å². The molecule has 3 N–H and O–H groups in total. The predicted molar refractivity (Wildman–Crippen MR) is 145 cm³/mol. The number of β-amino-alcohol motifs (C(OH)–C–C–N with tert-alkyl or cyclic N) is 1. The minimum atomic E-state index is -0.0745. The molecule has 204 valence electrons. The van der Waals surface area contributed by atoms with Gasteiger partial charge < -0.3 is 30.3 Å². The van der Waals surface area contributed by atoms with Crippen LogP contribution in [0.5, 0.6) is 0 Å². The minimum absolute atomic E-state index is 0.0745. The van der Waals surface area contributed by atoms with Gasteiger partial charge in [0, 0.05) is 75.9 Å². The Morgan fingerprint density at radius 1 is 0.949 bits per heavy atom. The summed E-state index contributed by atoms with van der Waals surface area (Å²) in [6.45, 7) is 6.90. The summed E-state index contributed by atoms with van der Waals surface area (Å²) in [4.78, 5) is 44.1. The zero-order valence-electron chi connectivity index (χ0n) is 21.7. The van der Waals surface area contributed by atoms with Crippen LogP contribution in [-0.4, -0.2) is 118 Å². The fraction of sp³-hybridized carbons (Fsp3) is 0.462. The first-order valence-electron chi connectivity index (χ1n) is 13.3. The van der Waals surface area contributed by atoms with Crippen LogP contribution in [0.3, 0.4) is 0 Å². The van der Waals surface area contributed by atoms with Crippen molar-refractivity contribution in [1.82, 2.24) is 34.7 Å². The number of aliphatic hydroxyl groups excluding tert-OH is 1. The van der Waals surface area contributed by atoms with Crippen LogP contribution >= 0.6 is 0 Å². The molecule has 0 atom stereocenters. The van der Waals surface area contributed by atoms with E-state index >= 15 is 0 Å². The van der Waals surface area contributed by atoms with Crippen molar-refractivity contribution in [2.75, 3.05) is 87.7 Å².